The smallest absolute Gasteiger partial charge is 0.263 e. The molecule has 0 saturated heterocycles. The molecule has 0 saturated carbocycles. The maximum absolute atomic E-state index is 12.1. The van der Waals surface area contributed by atoms with Crippen LogP contribution in [0.1, 0.15) is 12.5 Å². The summed E-state index contributed by atoms with van der Waals surface area (Å²) in [4.78, 5) is 0.132. The van der Waals surface area contributed by atoms with Crippen LogP contribution in [0.3, 0.4) is 0 Å². The van der Waals surface area contributed by atoms with Gasteiger partial charge in [0.05, 0.1) is 4.90 Å². The van der Waals surface area contributed by atoms with Crippen LogP contribution in [0.2, 0.25) is 0 Å². The number of benzene rings is 1. The van der Waals surface area contributed by atoms with Gasteiger partial charge in [0.2, 0.25) is 0 Å². The highest BCUT2D eigenvalue weighted by molar-refractivity contribution is 7.92. The van der Waals surface area contributed by atoms with E-state index in [9.17, 15) is 8.42 Å². The summed E-state index contributed by atoms with van der Waals surface area (Å²) in [6.45, 7) is 1.96. The summed E-state index contributed by atoms with van der Waals surface area (Å²) < 4.78 is 28.2. The number of rotatable bonds is 4. The lowest BCUT2D eigenvalue weighted by Gasteiger charge is -2.08. The molecule has 2 rings (SSSR count). The van der Waals surface area contributed by atoms with Crippen molar-refractivity contribution in [2.45, 2.75) is 18.2 Å². The van der Waals surface area contributed by atoms with Crippen LogP contribution >= 0.6 is 0 Å². The molecule has 0 radical (unpaired) electrons. The zero-order valence-corrected chi connectivity index (χ0v) is 11.6. The molecule has 3 N–H and O–H groups in total. The topological polar surface area (TPSA) is 90.0 Å². The third kappa shape index (κ3) is 2.87. The van der Waals surface area contributed by atoms with Gasteiger partial charge in [0.1, 0.15) is 0 Å². The van der Waals surface area contributed by atoms with Crippen LogP contribution in [0.5, 0.6) is 0 Å². The van der Waals surface area contributed by atoms with Gasteiger partial charge in [-0.3, -0.25) is 9.40 Å². The minimum Gasteiger partial charge on any atom is -0.398 e. The Hall–Kier alpha value is -2.02. The number of nitrogens with zero attached hydrogens (tertiary/aromatic N) is 2. The van der Waals surface area contributed by atoms with Crippen molar-refractivity contribution >= 4 is 21.5 Å². The van der Waals surface area contributed by atoms with Gasteiger partial charge in [0, 0.05) is 25.0 Å². The lowest BCUT2D eigenvalue weighted by molar-refractivity contribution is 0.601. The normalized spacial score (nSPS) is 11.5. The van der Waals surface area contributed by atoms with Crippen LogP contribution < -0.4 is 10.5 Å². The second-order valence-electron chi connectivity index (χ2n) is 4.19. The van der Waals surface area contributed by atoms with Crippen LogP contribution in [0.25, 0.3) is 0 Å². The standard InChI is InChI=1S/C12H16N4O2S/c1-3-9-4-5-10(8-11(9)13)19(17,18)15-12-6-7-16(2)14-12/h4-8H,3,13H2,1-2H3,(H,14,15). The molecular weight excluding hydrogens is 264 g/mol. The van der Waals surface area contributed by atoms with Gasteiger partial charge in [-0.1, -0.05) is 13.0 Å². The number of hydrogen-bond donors (Lipinski definition) is 2. The Bertz CT molecular complexity index is 692. The fraction of sp³-hybridized carbons (Fsp3) is 0.250. The average Bonchev–Trinajstić information content (AvgIpc) is 2.73. The first-order valence-electron chi connectivity index (χ1n) is 5.83. The Morgan fingerprint density at radius 1 is 1.37 bits per heavy atom. The van der Waals surface area contributed by atoms with E-state index in [-0.39, 0.29) is 10.7 Å². The van der Waals surface area contributed by atoms with E-state index in [0.717, 1.165) is 12.0 Å². The number of sulfonamides is 1. The van der Waals surface area contributed by atoms with Crippen LogP contribution in [0.15, 0.2) is 35.4 Å². The van der Waals surface area contributed by atoms with Gasteiger partial charge < -0.3 is 5.73 Å². The fourth-order valence-electron chi connectivity index (χ4n) is 1.73. The highest BCUT2D eigenvalue weighted by Crippen LogP contribution is 2.20. The Morgan fingerprint density at radius 2 is 2.11 bits per heavy atom. The van der Waals surface area contributed by atoms with Crippen LogP contribution in [0.4, 0.5) is 11.5 Å². The highest BCUT2D eigenvalue weighted by atomic mass is 32.2. The number of aryl methyl sites for hydroxylation is 2. The van der Waals surface area contributed by atoms with E-state index in [1.165, 1.54) is 10.7 Å². The predicted molar refractivity (Wildman–Crippen MR) is 74.2 cm³/mol. The Morgan fingerprint density at radius 3 is 2.63 bits per heavy atom. The summed E-state index contributed by atoms with van der Waals surface area (Å²) in [5.41, 5.74) is 7.22. The Kier molecular flexibility index (Phi) is 3.48. The van der Waals surface area contributed by atoms with Crippen molar-refractivity contribution in [3.8, 4) is 0 Å². The zero-order chi connectivity index (χ0) is 14.0. The fourth-order valence-corrected chi connectivity index (χ4v) is 2.76. The van der Waals surface area contributed by atoms with Crippen molar-refractivity contribution in [3.05, 3.63) is 36.0 Å². The van der Waals surface area contributed by atoms with Crippen LogP contribution in [-0.2, 0) is 23.5 Å². The van der Waals surface area contributed by atoms with Crippen molar-refractivity contribution in [2.75, 3.05) is 10.5 Å². The van der Waals surface area contributed by atoms with Crippen molar-refractivity contribution < 1.29 is 8.42 Å². The lowest BCUT2D eigenvalue weighted by atomic mass is 10.1. The van der Waals surface area contributed by atoms with Gasteiger partial charge in [-0.25, -0.2) is 8.42 Å². The molecule has 0 fully saturated rings. The molecule has 0 atom stereocenters. The molecule has 6 nitrogen and oxygen atoms in total. The van der Waals surface area contributed by atoms with Gasteiger partial charge in [0.25, 0.3) is 10.0 Å². The summed E-state index contributed by atoms with van der Waals surface area (Å²) in [6.07, 6.45) is 2.42. The molecule has 0 aliphatic carbocycles. The Labute approximate surface area is 112 Å². The van der Waals surface area contributed by atoms with E-state index in [0.29, 0.717) is 5.69 Å². The minimum absolute atomic E-state index is 0.132. The quantitative estimate of drug-likeness (QED) is 0.828. The summed E-state index contributed by atoms with van der Waals surface area (Å²) in [6, 6.07) is 6.31. The van der Waals surface area contributed by atoms with E-state index in [2.05, 4.69) is 9.82 Å². The molecule has 0 amide bonds. The third-order valence-corrected chi connectivity index (χ3v) is 4.11. The molecule has 0 aliphatic heterocycles. The summed E-state index contributed by atoms with van der Waals surface area (Å²) in [5.74, 6) is 0.278. The monoisotopic (exact) mass is 280 g/mol. The summed E-state index contributed by atoms with van der Waals surface area (Å²) in [5, 5.41) is 3.97. The van der Waals surface area contributed by atoms with E-state index >= 15 is 0 Å². The summed E-state index contributed by atoms with van der Waals surface area (Å²) >= 11 is 0. The van der Waals surface area contributed by atoms with E-state index in [4.69, 9.17) is 5.73 Å². The van der Waals surface area contributed by atoms with E-state index < -0.39 is 10.0 Å². The van der Waals surface area contributed by atoms with Crippen molar-refractivity contribution in [3.63, 3.8) is 0 Å². The van der Waals surface area contributed by atoms with Gasteiger partial charge in [-0.05, 0) is 24.1 Å². The number of nitrogens with one attached hydrogen (secondary N) is 1. The average molecular weight is 280 g/mol. The highest BCUT2D eigenvalue weighted by Gasteiger charge is 2.16. The number of nitrogens with two attached hydrogens (primary N) is 1. The molecular formula is C12H16N4O2S. The van der Waals surface area contributed by atoms with Crippen molar-refractivity contribution in [1.29, 1.82) is 0 Å². The van der Waals surface area contributed by atoms with Gasteiger partial charge in [-0.2, -0.15) is 5.10 Å². The molecule has 0 spiro atoms. The van der Waals surface area contributed by atoms with E-state index in [1.807, 2.05) is 6.92 Å². The zero-order valence-electron chi connectivity index (χ0n) is 10.8. The number of nitrogen functional groups attached to an aromatic ring is 1. The lowest BCUT2D eigenvalue weighted by Crippen LogP contribution is -2.14. The Balaban J connectivity index is 2.31. The van der Waals surface area contributed by atoms with Crippen LogP contribution in [0, 0.1) is 0 Å². The molecule has 0 bridgehead atoms. The predicted octanol–water partition coefficient (Wildman–Crippen LogP) is 1.37. The third-order valence-electron chi connectivity index (χ3n) is 2.76. The van der Waals surface area contributed by atoms with Gasteiger partial charge in [-0.15, -0.1) is 0 Å². The molecule has 19 heavy (non-hydrogen) atoms. The number of hydrogen-bond acceptors (Lipinski definition) is 4. The summed E-state index contributed by atoms with van der Waals surface area (Å²) in [7, 11) is -1.94. The largest absolute Gasteiger partial charge is 0.398 e. The molecule has 2 aromatic rings. The minimum atomic E-state index is -3.65. The first-order valence-corrected chi connectivity index (χ1v) is 7.31. The maximum atomic E-state index is 12.1. The maximum Gasteiger partial charge on any atom is 0.263 e. The number of aromatic nitrogens is 2. The van der Waals surface area contributed by atoms with Gasteiger partial charge in [0.15, 0.2) is 5.82 Å². The molecule has 1 aromatic carbocycles. The van der Waals surface area contributed by atoms with Gasteiger partial charge >= 0.3 is 0 Å². The van der Waals surface area contributed by atoms with E-state index in [1.54, 1.807) is 31.4 Å². The van der Waals surface area contributed by atoms with Crippen molar-refractivity contribution in [2.24, 2.45) is 7.05 Å². The first-order chi connectivity index (χ1) is 8.92. The molecule has 0 aliphatic rings. The molecule has 0 unspecified atom stereocenters. The molecule has 102 valence electrons. The second-order valence-corrected chi connectivity index (χ2v) is 5.88. The molecule has 1 heterocycles. The van der Waals surface area contributed by atoms with Crippen LogP contribution in [-0.4, -0.2) is 18.2 Å². The van der Waals surface area contributed by atoms with Crippen molar-refractivity contribution in [1.82, 2.24) is 9.78 Å². The number of anilines is 2. The SMILES string of the molecule is CCc1ccc(S(=O)(=O)Nc2ccn(C)n2)cc1N. The second kappa shape index (κ2) is 4.93. The molecule has 1 aromatic heterocycles. The molecule has 7 heteroatoms. The first kappa shape index (κ1) is 13.4.